The van der Waals surface area contributed by atoms with Crippen molar-refractivity contribution in [1.82, 2.24) is 10.2 Å². The number of carbonyl (C=O) groups is 3. The Kier molecular flexibility index (Phi) is 4.31. The number of nitrogens with zero attached hydrogens (tertiary/aromatic N) is 1. The number of hydrogen-bond acceptors (Lipinski definition) is 6. The average molecular weight is 396 g/mol. The molecule has 2 aromatic carbocycles. The predicted molar refractivity (Wildman–Crippen MR) is 101 cm³/mol. The second kappa shape index (κ2) is 6.59. The number of hydrogen-bond donors (Lipinski definition) is 4. The van der Waals surface area contributed by atoms with Crippen LogP contribution >= 0.6 is 0 Å². The molecule has 2 heterocycles. The first-order valence-electron chi connectivity index (χ1n) is 9.16. The number of aromatic hydroxyl groups is 2. The Morgan fingerprint density at radius 1 is 1.10 bits per heavy atom. The average Bonchev–Trinajstić information content (AvgIpc) is 3.12. The van der Waals surface area contributed by atoms with Crippen LogP contribution in [0.1, 0.15) is 24.1 Å². The van der Waals surface area contributed by atoms with Gasteiger partial charge in [0.15, 0.2) is 0 Å². The summed E-state index contributed by atoms with van der Waals surface area (Å²) in [6.45, 7) is 1.43. The number of benzene rings is 2. The van der Waals surface area contributed by atoms with E-state index in [4.69, 9.17) is 0 Å². The monoisotopic (exact) mass is 396 g/mol. The van der Waals surface area contributed by atoms with E-state index in [1.807, 2.05) is 6.07 Å². The van der Waals surface area contributed by atoms with Crippen molar-refractivity contribution < 1.29 is 29.7 Å². The van der Waals surface area contributed by atoms with Crippen LogP contribution in [0.5, 0.6) is 11.5 Å². The topological polar surface area (TPSA) is 127 Å². The van der Waals surface area contributed by atoms with Crippen molar-refractivity contribution in [1.29, 1.82) is 0 Å². The van der Waals surface area contributed by atoms with Gasteiger partial charge in [-0.1, -0.05) is 36.4 Å². The van der Waals surface area contributed by atoms with Gasteiger partial charge in [-0.25, -0.2) is 0 Å². The number of carbonyl (C=O) groups excluding carboxylic acids is 2. The largest absolute Gasteiger partial charge is 0.508 e. The van der Waals surface area contributed by atoms with Gasteiger partial charge in [-0.2, -0.15) is 0 Å². The molecule has 29 heavy (non-hydrogen) atoms. The van der Waals surface area contributed by atoms with E-state index in [2.05, 4.69) is 5.32 Å². The lowest BCUT2D eigenvalue weighted by Crippen LogP contribution is -2.53. The van der Waals surface area contributed by atoms with Crippen molar-refractivity contribution in [2.24, 2.45) is 11.8 Å². The van der Waals surface area contributed by atoms with Gasteiger partial charge in [0.2, 0.25) is 11.8 Å². The number of phenolic OH excluding ortho intramolecular Hbond substituents is 2. The molecule has 2 aliphatic heterocycles. The fourth-order valence-corrected chi connectivity index (χ4v) is 4.38. The van der Waals surface area contributed by atoms with E-state index in [0.717, 1.165) is 16.5 Å². The van der Waals surface area contributed by atoms with Gasteiger partial charge < -0.3 is 15.3 Å². The van der Waals surface area contributed by atoms with Gasteiger partial charge in [0.05, 0.1) is 18.4 Å². The maximum absolute atomic E-state index is 13.2. The van der Waals surface area contributed by atoms with Gasteiger partial charge >= 0.3 is 5.97 Å². The Bertz CT molecular complexity index is 1010. The Hall–Kier alpha value is -3.39. The van der Waals surface area contributed by atoms with Crippen molar-refractivity contribution in [3.63, 3.8) is 0 Å². The highest BCUT2D eigenvalue weighted by molar-refractivity contribution is 6.09. The molecule has 0 radical (unpaired) electrons. The number of fused-ring (bicyclic) bond motifs is 1. The summed E-state index contributed by atoms with van der Waals surface area (Å²) in [6, 6.07) is 12.0. The number of likely N-dealkylation sites (tertiary alicyclic amines) is 1. The van der Waals surface area contributed by atoms with Crippen molar-refractivity contribution in [2.75, 3.05) is 0 Å². The van der Waals surface area contributed by atoms with E-state index >= 15 is 0 Å². The number of carboxylic acids is 1. The molecule has 0 saturated carbocycles. The molecular weight excluding hydrogens is 376 g/mol. The van der Waals surface area contributed by atoms with Gasteiger partial charge in [-0.05, 0) is 18.6 Å². The van der Waals surface area contributed by atoms with E-state index in [1.165, 1.54) is 19.1 Å². The molecule has 0 aromatic heterocycles. The molecule has 8 heteroatoms. The zero-order valence-corrected chi connectivity index (χ0v) is 15.6. The van der Waals surface area contributed by atoms with Crippen LogP contribution in [0.2, 0.25) is 0 Å². The minimum atomic E-state index is -1.68. The van der Waals surface area contributed by atoms with Crippen LogP contribution in [0.4, 0.5) is 0 Å². The molecule has 0 spiro atoms. The van der Waals surface area contributed by atoms with E-state index in [1.54, 1.807) is 24.3 Å². The Morgan fingerprint density at radius 2 is 1.79 bits per heavy atom. The number of amides is 2. The van der Waals surface area contributed by atoms with Crippen LogP contribution in [-0.4, -0.2) is 43.5 Å². The first-order chi connectivity index (χ1) is 13.7. The maximum Gasteiger partial charge on any atom is 0.324 e. The van der Waals surface area contributed by atoms with Crippen LogP contribution in [0.15, 0.2) is 48.5 Å². The van der Waals surface area contributed by atoms with Gasteiger partial charge in [0, 0.05) is 17.7 Å². The lowest BCUT2D eigenvalue weighted by Gasteiger charge is -2.27. The molecule has 8 nitrogen and oxygen atoms in total. The van der Waals surface area contributed by atoms with E-state index in [0.29, 0.717) is 0 Å². The third-order valence-electron chi connectivity index (χ3n) is 5.86. The lowest BCUT2D eigenvalue weighted by molar-refractivity contribution is -0.150. The number of nitrogens with one attached hydrogen (secondary N) is 1. The van der Waals surface area contributed by atoms with E-state index < -0.39 is 41.2 Å². The van der Waals surface area contributed by atoms with E-state index in [9.17, 15) is 29.7 Å². The molecule has 2 saturated heterocycles. The lowest BCUT2D eigenvalue weighted by atomic mass is 9.80. The van der Waals surface area contributed by atoms with E-state index in [-0.39, 0.29) is 23.6 Å². The predicted octanol–water partition coefficient (Wildman–Crippen LogP) is 1.39. The molecule has 4 N–H and O–H groups in total. The first-order valence-corrected chi connectivity index (χ1v) is 9.16. The summed E-state index contributed by atoms with van der Waals surface area (Å²) >= 11 is 0. The van der Waals surface area contributed by atoms with Crippen LogP contribution in [-0.2, 0) is 20.9 Å². The molecule has 150 valence electrons. The molecule has 2 fully saturated rings. The quantitative estimate of drug-likeness (QED) is 0.575. The molecule has 2 aliphatic rings. The molecule has 0 aliphatic carbocycles. The zero-order valence-electron chi connectivity index (χ0n) is 15.6. The second-order valence-electron chi connectivity index (χ2n) is 7.62. The molecule has 0 bridgehead atoms. The highest BCUT2D eigenvalue weighted by Gasteiger charge is 2.66. The molecule has 0 unspecified atom stereocenters. The normalized spacial score (nSPS) is 28.6. The third kappa shape index (κ3) is 2.84. The number of imide groups is 1. The van der Waals surface area contributed by atoms with Crippen molar-refractivity contribution >= 4 is 17.8 Å². The fraction of sp³-hybridized carbons (Fsp3) is 0.286. The van der Waals surface area contributed by atoms with Gasteiger partial charge in [-0.3, -0.25) is 24.6 Å². The maximum atomic E-state index is 13.2. The molecular formula is C21H20N2O6. The van der Waals surface area contributed by atoms with Crippen LogP contribution in [0.25, 0.3) is 0 Å². The second-order valence-corrected chi connectivity index (χ2v) is 7.62. The van der Waals surface area contributed by atoms with Gasteiger partial charge in [0.1, 0.15) is 17.0 Å². The summed E-state index contributed by atoms with van der Waals surface area (Å²) in [5.74, 6) is -4.84. The summed E-state index contributed by atoms with van der Waals surface area (Å²) in [5, 5.41) is 32.5. The summed E-state index contributed by atoms with van der Waals surface area (Å²) in [6.07, 6.45) is 0. The van der Waals surface area contributed by atoms with Gasteiger partial charge in [0.25, 0.3) is 0 Å². The number of rotatable bonds is 4. The van der Waals surface area contributed by atoms with Crippen LogP contribution in [0.3, 0.4) is 0 Å². The van der Waals surface area contributed by atoms with Crippen molar-refractivity contribution in [3.8, 4) is 11.5 Å². The highest BCUT2D eigenvalue weighted by Crippen LogP contribution is 2.50. The summed E-state index contributed by atoms with van der Waals surface area (Å²) in [5.41, 5.74) is -0.675. The Labute approximate surface area is 166 Å². The summed E-state index contributed by atoms with van der Waals surface area (Å²) in [4.78, 5) is 39.5. The Morgan fingerprint density at radius 3 is 2.41 bits per heavy atom. The smallest absolute Gasteiger partial charge is 0.324 e. The van der Waals surface area contributed by atoms with Crippen molar-refractivity contribution in [2.45, 2.75) is 25.0 Å². The first kappa shape index (κ1) is 18.9. The number of carboxylic acid groups (broad SMARTS) is 1. The highest BCUT2D eigenvalue weighted by atomic mass is 16.4. The van der Waals surface area contributed by atoms with Crippen LogP contribution in [0, 0.1) is 11.8 Å². The summed E-state index contributed by atoms with van der Waals surface area (Å²) < 4.78 is 0. The number of aliphatic carboxylic acids is 1. The molecule has 2 aromatic rings. The summed E-state index contributed by atoms with van der Waals surface area (Å²) in [7, 11) is 0. The standard InChI is InChI=1S/C21H20N2O6/c1-21(20(28)29)16-15(17(22-21)13-8-7-12(24)9-14(13)25)18(26)23(19(16)27)10-11-5-3-2-4-6-11/h2-9,15-17,22,24-25H,10H2,1H3,(H,28,29)/t15-,16-,17-,21+/m1/s1. The van der Waals surface area contributed by atoms with Crippen molar-refractivity contribution in [3.05, 3.63) is 59.7 Å². The van der Waals surface area contributed by atoms with Gasteiger partial charge in [-0.15, -0.1) is 0 Å². The molecule has 4 rings (SSSR count). The minimum absolute atomic E-state index is 0.0511. The zero-order chi connectivity index (χ0) is 20.9. The third-order valence-corrected chi connectivity index (χ3v) is 5.86. The van der Waals surface area contributed by atoms with Crippen LogP contribution < -0.4 is 5.32 Å². The fourth-order valence-electron chi connectivity index (χ4n) is 4.38. The molecule has 4 atom stereocenters. The minimum Gasteiger partial charge on any atom is -0.508 e. The molecule has 2 amide bonds. The Balaban J connectivity index is 1.77. The number of phenols is 2. The SMILES string of the molecule is C[C@]1(C(=O)O)N[C@H](c2ccc(O)cc2O)[C@@H]2C(=O)N(Cc3ccccc3)C(=O)[C@@H]21.